The molecule has 6 rings (SSSR count). The van der Waals surface area contributed by atoms with Gasteiger partial charge in [0, 0.05) is 24.7 Å². The van der Waals surface area contributed by atoms with Crippen molar-refractivity contribution >= 4 is 5.91 Å². The minimum absolute atomic E-state index is 0.00749. The number of carbonyl (C=O) groups excluding carboxylic acids is 1. The van der Waals surface area contributed by atoms with Gasteiger partial charge in [0.05, 0.1) is 18.7 Å². The van der Waals surface area contributed by atoms with Crippen LogP contribution in [0.4, 0.5) is 4.39 Å². The molecule has 3 aromatic rings. The van der Waals surface area contributed by atoms with Crippen molar-refractivity contribution in [2.75, 3.05) is 13.1 Å². The monoisotopic (exact) mass is 475 g/mol. The lowest BCUT2D eigenvalue weighted by Gasteiger charge is -2.49. The first-order valence-electron chi connectivity index (χ1n) is 12.5. The van der Waals surface area contributed by atoms with E-state index in [1.807, 2.05) is 10.9 Å². The molecule has 3 aliphatic rings. The zero-order valence-electron chi connectivity index (χ0n) is 20.7. The van der Waals surface area contributed by atoms with Gasteiger partial charge in [-0.1, -0.05) is 62.4 Å². The maximum Gasteiger partial charge on any atom is 0.224 e. The molecular weight excluding hydrogens is 441 g/mol. The van der Waals surface area contributed by atoms with Gasteiger partial charge in [0.15, 0.2) is 0 Å². The van der Waals surface area contributed by atoms with Gasteiger partial charge in [-0.3, -0.25) is 14.4 Å². The van der Waals surface area contributed by atoms with E-state index in [0.29, 0.717) is 18.5 Å². The summed E-state index contributed by atoms with van der Waals surface area (Å²) in [4.78, 5) is 15.3. The zero-order valence-corrected chi connectivity index (χ0v) is 20.7. The Labute approximate surface area is 206 Å². The van der Waals surface area contributed by atoms with Gasteiger partial charge in [-0.15, -0.1) is 5.10 Å². The highest BCUT2D eigenvalue weighted by atomic mass is 19.1. The molecule has 35 heavy (non-hydrogen) atoms. The summed E-state index contributed by atoms with van der Waals surface area (Å²) in [5.74, 6) is 0.227. The van der Waals surface area contributed by atoms with E-state index < -0.39 is 0 Å². The van der Waals surface area contributed by atoms with E-state index in [0.717, 1.165) is 49.3 Å². The topological polar surface area (TPSA) is 63.1 Å². The fourth-order valence-corrected chi connectivity index (χ4v) is 5.42. The first-order valence-corrected chi connectivity index (χ1v) is 12.5. The molecule has 4 unspecified atom stereocenters. The summed E-state index contributed by atoms with van der Waals surface area (Å²) >= 11 is 0. The van der Waals surface area contributed by atoms with Gasteiger partial charge in [-0.25, -0.2) is 4.39 Å². The van der Waals surface area contributed by atoms with Crippen molar-refractivity contribution < 1.29 is 9.18 Å². The normalized spacial score (nSPS) is 23.9. The quantitative estimate of drug-likeness (QED) is 0.574. The number of nitrogens with zero attached hydrogens (tertiary/aromatic N) is 4. The number of rotatable bonds is 6. The van der Waals surface area contributed by atoms with Crippen LogP contribution < -0.4 is 5.32 Å². The van der Waals surface area contributed by atoms with E-state index in [2.05, 4.69) is 65.6 Å². The summed E-state index contributed by atoms with van der Waals surface area (Å²) in [7, 11) is 0. The number of hydrogen-bond donors (Lipinski definition) is 1. The van der Waals surface area contributed by atoms with Gasteiger partial charge in [-0.05, 0) is 54.0 Å². The minimum Gasteiger partial charge on any atom is -0.352 e. The zero-order chi connectivity index (χ0) is 24.6. The molecule has 0 spiro atoms. The number of fused-ring (bicyclic) bond motifs is 3. The molecule has 7 heteroatoms. The van der Waals surface area contributed by atoms with Gasteiger partial charge >= 0.3 is 0 Å². The van der Waals surface area contributed by atoms with Crippen LogP contribution in [-0.2, 0) is 23.3 Å². The molecule has 4 atom stereocenters. The number of nitrogens with one attached hydrogen (secondary N) is 1. The molecule has 6 nitrogen and oxygen atoms in total. The minimum atomic E-state index is -0.263. The van der Waals surface area contributed by atoms with Gasteiger partial charge in [0.2, 0.25) is 5.91 Å². The second-order valence-electron chi connectivity index (χ2n) is 11.0. The fraction of sp³-hybridized carbons (Fsp3) is 0.464. The summed E-state index contributed by atoms with van der Waals surface area (Å²) in [6.45, 7) is 9.66. The Hall–Kier alpha value is -3.06. The van der Waals surface area contributed by atoms with Crippen molar-refractivity contribution in [1.29, 1.82) is 0 Å². The van der Waals surface area contributed by atoms with E-state index in [4.69, 9.17) is 0 Å². The van der Waals surface area contributed by atoms with E-state index >= 15 is 0 Å². The van der Waals surface area contributed by atoms with Crippen LogP contribution in [0.25, 0.3) is 11.3 Å². The Morgan fingerprint density at radius 2 is 1.86 bits per heavy atom. The lowest BCUT2D eigenvalue weighted by molar-refractivity contribution is -0.133. The second kappa shape index (κ2) is 9.53. The fourth-order valence-electron chi connectivity index (χ4n) is 5.42. The molecule has 4 heterocycles. The summed E-state index contributed by atoms with van der Waals surface area (Å²) in [5, 5.41) is 11.9. The molecule has 2 bridgehead atoms. The van der Waals surface area contributed by atoms with Crippen molar-refractivity contribution in [3.63, 3.8) is 0 Å². The molecule has 0 saturated carbocycles. The van der Waals surface area contributed by atoms with Crippen LogP contribution in [0.1, 0.15) is 44.7 Å². The van der Waals surface area contributed by atoms with Gasteiger partial charge in [0.1, 0.15) is 11.5 Å². The number of hydrogen-bond acceptors (Lipinski definition) is 4. The molecule has 184 valence electrons. The molecule has 3 saturated heterocycles. The Balaban J connectivity index is 1.17. The van der Waals surface area contributed by atoms with E-state index in [1.165, 1.54) is 17.7 Å². The second-order valence-corrected chi connectivity index (χ2v) is 11.0. The predicted molar refractivity (Wildman–Crippen MR) is 134 cm³/mol. The van der Waals surface area contributed by atoms with Crippen LogP contribution in [0.15, 0.2) is 54.7 Å². The number of halogens is 1. The average Bonchev–Trinajstić information content (AvgIpc) is 3.32. The third-order valence-electron chi connectivity index (χ3n) is 7.58. The molecule has 3 aliphatic heterocycles. The maximum atomic E-state index is 13.1. The highest BCUT2D eigenvalue weighted by Crippen LogP contribution is 2.37. The smallest absolute Gasteiger partial charge is 0.224 e. The van der Waals surface area contributed by atoms with Crippen LogP contribution in [0, 0.1) is 17.7 Å². The SMILES string of the molecule is CC(C)(C)c1ccc(-c2cn(CC3CC4CCN3CC4C(=O)NCc3ccc(F)cc3)nn2)cc1. The van der Waals surface area contributed by atoms with Crippen LogP contribution in [0.5, 0.6) is 0 Å². The third-order valence-corrected chi connectivity index (χ3v) is 7.58. The van der Waals surface area contributed by atoms with Crippen molar-refractivity contribution in [2.24, 2.45) is 11.8 Å². The highest BCUT2D eigenvalue weighted by Gasteiger charge is 2.43. The first-order chi connectivity index (χ1) is 16.8. The van der Waals surface area contributed by atoms with E-state index in [9.17, 15) is 9.18 Å². The summed E-state index contributed by atoms with van der Waals surface area (Å²) < 4.78 is 15.1. The molecule has 0 radical (unpaired) electrons. The van der Waals surface area contributed by atoms with Crippen molar-refractivity contribution in [3.8, 4) is 11.3 Å². The van der Waals surface area contributed by atoms with Crippen molar-refractivity contribution in [2.45, 2.75) is 58.2 Å². The largest absolute Gasteiger partial charge is 0.352 e. The Bertz CT molecular complexity index is 1170. The summed E-state index contributed by atoms with van der Waals surface area (Å²) in [5.41, 5.74) is 4.30. The summed E-state index contributed by atoms with van der Waals surface area (Å²) in [6.07, 6.45) is 4.07. The lowest BCUT2D eigenvalue weighted by atomic mass is 9.75. The van der Waals surface area contributed by atoms with Crippen molar-refractivity contribution in [1.82, 2.24) is 25.2 Å². The van der Waals surface area contributed by atoms with Crippen molar-refractivity contribution in [3.05, 3.63) is 71.7 Å². The molecule has 1 amide bonds. The first kappa shape index (κ1) is 23.7. The standard InChI is InChI=1S/C28H34FN5O/c1-28(2,3)22-8-6-20(7-9-22)26-18-34(32-31-26)16-24-14-21-12-13-33(24)17-25(21)27(35)30-15-19-4-10-23(29)11-5-19/h4-11,18,21,24-25H,12-17H2,1-3H3,(H,30,35). The third kappa shape index (κ3) is 5.30. The summed E-state index contributed by atoms with van der Waals surface area (Å²) in [6, 6.07) is 15.2. The average molecular weight is 476 g/mol. The molecule has 3 fully saturated rings. The highest BCUT2D eigenvalue weighted by molar-refractivity contribution is 5.79. The van der Waals surface area contributed by atoms with Crippen LogP contribution >= 0.6 is 0 Å². The maximum absolute atomic E-state index is 13.1. The Kier molecular flexibility index (Phi) is 6.45. The number of aromatic nitrogens is 3. The molecule has 2 aromatic carbocycles. The van der Waals surface area contributed by atoms with Gasteiger partial charge in [0.25, 0.3) is 0 Å². The molecule has 1 N–H and O–H groups in total. The van der Waals surface area contributed by atoms with E-state index in [-0.39, 0.29) is 23.1 Å². The van der Waals surface area contributed by atoms with Gasteiger partial charge < -0.3 is 5.32 Å². The molecule has 1 aromatic heterocycles. The molecular formula is C28H34FN5O. The number of piperidine rings is 3. The van der Waals surface area contributed by atoms with Crippen LogP contribution in [0.2, 0.25) is 0 Å². The van der Waals surface area contributed by atoms with E-state index in [1.54, 1.807) is 12.1 Å². The lowest BCUT2D eigenvalue weighted by Crippen LogP contribution is -2.57. The number of benzene rings is 2. The van der Waals surface area contributed by atoms with Crippen LogP contribution in [0.3, 0.4) is 0 Å². The Morgan fingerprint density at radius 3 is 2.51 bits per heavy atom. The molecule has 0 aliphatic carbocycles. The number of amides is 1. The van der Waals surface area contributed by atoms with Gasteiger partial charge in [-0.2, -0.15) is 0 Å². The number of carbonyl (C=O) groups is 1. The predicted octanol–water partition coefficient (Wildman–Crippen LogP) is 4.41. The van der Waals surface area contributed by atoms with Crippen LogP contribution in [-0.4, -0.2) is 44.9 Å². The Morgan fingerprint density at radius 1 is 1.11 bits per heavy atom.